The maximum atomic E-state index is 12.3. The number of likely N-dealkylation sites (N-methyl/N-ethyl adjacent to an activating group) is 1. The third-order valence-electron chi connectivity index (χ3n) is 4.88. The lowest BCUT2D eigenvalue weighted by molar-refractivity contribution is -0.132. The number of hydrogen-bond donors (Lipinski definition) is 3. The van der Waals surface area contributed by atoms with Gasteiger partial charge < -0.3 is 16.0 Å². The van der Waals surface area contributed by atoms with Crippen LogP contribution in [0.4, 0.5) is 0 Å². The van der Waals surface area contributed by atoms with Crippen LogP contribution in [0.5, 0.6) is 0 Å². The molecule has 0 spiro atoms. The van der Waals surface area contributed by atoms with Crippen LogP contribution in [-0.2, 0) is 22.4 Å². The first-order valence-electron chi connectivity index (χ1n) is 10.5. The Morgan fingerprint density at radius 2 is 1.10 bits per heavy atom. The predicted octanol–water partition coefficient (Wildman–Crippen LogP) is 2.85. The lowest BCUT2D eigenvalue weighted by Crippen LogP contribution is -2.52. The molecule has 0 aliphatic heterocycles. The largest absolute Gasteiger partial charge is 0.354 e. The fraction of sp³-hybridized carbons (Fsp3) is 0.417. The summed E-state index contributed by atoms with van der Waals surface area (Å²) in [7, 11) is 1.63. The Hall–Kier alpha value is -2.66. The van der Waals surface area contributed by atoms with Crippen molar-refractivity contribution in [3.8, 4) is 0 Å². The fourth-order valence-electron chi connectivity index (χ4n) is 3.21. The highest BCUT2D eigenvalue weighted by molar-refractivity contribution is 6.04. The molecule has 2 rings (SSSR count). The Labute approximate surface area is 174 Å². The summed E-state index contributed by atoms with van der Waals surface area (Å²) in [6.07, 6.45) is 5.77. The van der Waals surface area contributed by atoms with Crippen LogP contribution in [-0.4, -0.2) is 38.0 Å². The van der Waals surface area contributed by atoms with Crippen LogP contribution < -0.4 is 16.0 Å². The van der Waals surface area contributed by atoms with Gasteiger partial charge in [-0.05, 0) is 56.7 Å². The summed E-state index contributed by atoms with van der Waals surface area (Å²) in [4.78, 5) is 24.6. The lowest BCUT2D eigenvalue weighted by atomic mass is 10.1. The fourth-order valence-corrected chi connectivity index (χ4v) is 3.21. The molecular formula is C24H33N3O2. The maximum absolute atomic E-state index is 12.3. The normalized spacial score (nSPS) is 10.7. The van der Waals surface area contributed by atoms with E-state index in [1.807, 2.05) is 36.4 Å². The number of carbonyl (C=O) groups excluding carboxylic acids is 2. The molecule has 0 heterocycles. The molecular weight excluding hydrogens is 362 g/mol. The summed E-state index contributed by atoms with van der Waals surface area (Å²) in [6, 6.07) is 19.8. The molecule has 2 aromatic rings. The molecule has 0 atom stereocenters. The summed E-state index contributed by atoms with van der Waals surface area (Å²) in [6.45, 7) is 1.16. The third kappa shape index (κ3) is 8.92. The van der Waals surface area contributed by atoms with Gasteiger partial charge in [-0.25, -0.2) is 0 Å². The Balaban J connectivity index is 1.57. The molecule has 0 saturated heterocycles. The standard InChI is InChI=1S/C24H33N3O2/c1-25-22(23(28)26-18-10-8-16-20-12-4-2-5-13-20)24(29)27-19-11-9-17-21-14-6-3-7-15-21/h2-7,12-15,22,25H,8-11,16-19H2,1H3,(H,26,28)(H,27,29). The van der Waals surface area contributed by atoms with Gasteiger partial charge in [0, 0.05) is 13.1 Å². The van der Waals surface area contributed by atoms with Gasteiger partial charge in [0.2, 0.25) is 11.8 Å². The SMILES string of the molecule is CNC(C(=O)NCCCCc1ccccc1)C(=O)NCCCCc1ccccc1. The Kier molecular flexibility index (Phi) is 10.5. The second-order valence-corrected chi connectivity index (χ2v) is 7.19. The van der Waals surface area contributed by atoms with Crippen molar-refractivity contribution < 1.29 is 9.59 Å². The van der Waals surface area contributed by atoms with Gasteiger partial charge in [-0.2, -0.15) is 0 Å². The van der Waals surface area contributed by atoms with Crippen LogP contribution in [0, 0.1) is 0 Å². The molecule has 0 saturated carbocycles. The molecule has 29 heavy (non-hydrogen) atoms. The molecule has 2 aromatic carbocycles. The van der Waals surface area contributed by atoms with Gasteiger partial charge in [0.05, 0.1) is 0 Å². The number of aryl methyl sites for hydroxylation is 2. The highest BCUT2D eigenvalue weighted by Crippen LogP contribution is 2.05. The van der Waals surface area contributed by atoms with Gasteiger partial charge in [0.15, 0.2) is 6.04 Å². The van der Waals surface area contributed by atoms with Crippen LogP contribution in [0.1, 0.15) is 36.8 Å². The van der Waals surface area contributed by atoms with Crippen molar-refractivity contribution in [1.29, 1.82) is 0 Å². The topological polar surface area (TPSA) is 70.2 Å². The van der Waals surface area contributed by atoms with E-state index in [-0.39, 0.29) is 11.8 Å². The van der Waals surface area contributed by atoms with Crippen molar-refractivity contribution in [1.82, 2.24) is 16.0 Å². The van der Waals surface area contributed by atoms with Gasteiger partial charge >= 0.3 is 0 Å². The predicted molar refractivity (Wildman–Crippen MR) is 118 cm³/mol. The van der Waals surface area contributed by atoms with E-state index in [4.69, 9.17) is 0 Å². The number of amides is 2. The van der Waals surface area contributed by atoms with E-state index >= 15 is 0 Å². The molecule has 0 aliphatic carbocycles. The number of rotatable bonds is 13. The summed E-state index contributed by atoms with van der Waals surface area (Å²) in [5, 5.41) is 8.53. The van der Waals surface area contributed by atoms with Gasteiger partial charge in [0.1, 0.15) is 0 Å². The minimum absolute atomic E-state index is 0.269. The van der Waals surface area contributed by atoms with Crippen LogP contribution in [0.15, 0.2) is 60.7 Å². The first-order valence-corrected chi connectivity index (χ1v) is 10.5. The Morgan fingerprint density at radius 1 is 0.690 bits per heavy atom. The van der Waals surface area contributed by atoms with Crippen molar-refractivity contribution >= 4 is 11.8 Å². The molecule has 2 amide bonds. The number of carbonyl (C=O) groups is 2. The van der Waals surface area contributed by atoms with Crippen LogP contribution in [0.25, 0.3) is 0 Å². The summed E-state index contributed by atoms with van der Waals surface area (Å²) in [5.41, 5.74) is 2.61. The number of nitrogens with one attached hydrogen (secondary N) is 3. The molecule has 0 bridgehead atoms. The van der Waals surface area contributed by atoms with Gasteiger partial charge in [0.25, 0.3) is 0 Å². The van der Waals surface area contributed by atoms with Gasteiger partial charge in [-0.1, -0.05) is 60.7 Å². The number of unbranched alkanes of at least 4 members (excludes halogenated alkanes) is 2. The second kappa shape index (κ2) is 13.5. The molecule has 0 radical (unpaired) electrons. The van der Waals surface area contributed by atoms with Crippen LogP contribution in [0.2, 0.25) is 0 Å². The highest BCUT2D eigenvalue weighted by atomic mass is 16.2. The zero-order chi connectivity index (χ0) is 20.7. The molecule has 5 nitrogen and oxygen atoms in total. The monoisotopic (exact) mass is 395 g/mol. The number of hydrogen-bond acceptors (Lipinski definition) is 3. The van der Waals surface area contributed by atoms with E-state index in [0.717, 1.165) is 38.5 Å². The number of benzene rings is 2. The van der Waals surface area contributed by atoms with Crippen molar-refractivity contribution in [2.45, 2.75) is 44.6 Å². The minimum atomic E-state index is -0.849. The van der Waals surface area contributed by atoms with E-state index in [1.165, 1.54) is 11.1 Å². The highest BCUT2D eigenvalue weighted by Gasteiger charge is 2.23. The van der Waals surface area contributed by atoms with Crippen molar-refractivity contribution in [3.63, 3.8) is 0 Å². The van der Waals surface area contributed by atoms with E-state index < -0.39 is 6.04 Å². The molecule has 0 aliphatic rings. The molecule has 156 valence electrons. The average molecular weight is 396 g/mol. The van der Waals surface area contributed by atoms with E-state index in [9.17, 15) is 9.59 Å². The zero-order valence-corrected chi connectivity index (χ0v) is 17.3. The first kappa shape index (κ1) is 22.6. The van der Waals surface area contributed by atoms with Crippen molar-refractivity contribution in [3.05, 3.63) is 71.8 Å². The van der Waals surface area contributed by atoms with Crippen LogP contribution in [0.3, 0.4) is 0 Å². The molecule has 0 fully saturated rings. The quantitative estimate of drug-likeness (QED) is 0.361. The molecule has 0 unspecified atom stereocenters. The smallest absolute Gasteiger partial charge is 0.246 e. The van der Waals surface area contributed by atoms with Crippen LogP contribution >= 0.6 is 0 Å². The summed E-state index contributed by atoms with van der Waals surface area (Å²) >= 11 is 0. The molecule has 5 heteroatoms. The van der Waals surface area contributed by atoms with Crippen molar-refractivity contribution in [2.24, 2.45) is 0 Å². The Bertz CT molecular complexity index is 658. The Morgan fingerprint density at radius 3 is 1.48 bits per heavy atom. The van der Waals surface area contributed by atoms with E-state index in [0.29, 0.717) is 13.1 Å². The van der Waals surface area contributed by atoms with E-state index in [2.05, 4.69) is 40.2 Å². The maximum Gasteiger partial charge on any atom is 0.246 e. The lowest BCUT2D eigenvalue weighted by Gasteiger charge is -2.16. The molecule has 3 N–H and O–H groups in total. The minimum Gasteiger partial charge on any atom is -0.354 e. The third-order valence-corrected chi connectivity index (χ3v) is 4.88. The van der Waals surface area contributed by atoms with E-state index in [1.54, 1.807) is 7.05 Å². The zero-order valence-electron chi connectivity index (χ0n) is 17.3. The molecule has 0 aromatic heterocycles. The van der Waals surface area contributed by atoms with Crippen molar-refractivity contribution in [2.75, 3.05) is 20.1 Å². The summed E-state index contributed by atoms with van der Waals surface area (Å²) < 4.78 is 0. The summed E-state index contributed by atoms with van der Waals surface area (Å²) in [5.74, 6) is -0.539. The average Bonchev–Trinajstić information content (AvgIpc) is 2.75. The first-order chi connectivity index (χ1) is 14.2. The second-order valence-electron chi connectivity index (χ2n) is 7.19. The van der Waals surface area contributed by atoms with Gasteiger partial charge in [-0.15, -0.1) is 0 Å². The van der Waals surface area contributed by atoms with Gasteiger partial charge in [-0.3, -0.25) is 9.59 Å².